The van der Waals surface area contributed by atoms with E-state index in [-0.39, 0.29) is 34.5 Å². The van der Waals surface area contributed by atoms with E-state index in [0.29, 0.717) is 5.92 Å². The van der Waals surface area contributed by atoms with Crippen molar-refractivity contribution < 1.29 is 14.9 Å². The zero-order chi connectivity index (χ0) is 16.6. The van der Waals surface area contributed by atoms with Crippen LogP contribution in [0.15, 0.2) is 6.07 Å². The molecule has 4 rings (SSSR count). The monoisotopic (exact) mass is 316 g/mol. The van der Waals surface area contributed by atoms with Gasteiger partial charge in [0.1, 0.15) is 0 Å². The van der Waals surface area contributed by atoms with E-state index < -0.39 is 0 Å². The molecule has 3 aliphatic rings. The molecule has 0 unspecified atom stereocenters. The Labute approximate surface area is 138 Å². The Morgan fingerprint density at radius 1 is 1.17 bits per heavy atom. The van der Waals surface area contributed by atoms with Crippen LogP contribution in [0.4, 0.5) is 0 Å². The molecule has 1 aromatic rings. The highest BCUT2D eigenvalue weighted by atomic mass is 16.5. The first-order valence-corrected chi connectivity index (χ1v) is 9.00. The zero-order valence-corrected chi connectivity index (χ0v) is 14.6. The number of hydrogen-bond acceptors (Lipinski definition) is 3. The van der Waals surface area contributed by atoms with Crippen molar-refractivity contribution in [1.82, 2.24) is 0 Å². The molecule has 2 fully saturated rings. The van der Waals surface area contributed by atoms with Gasteiger partial charge in [0.25, 0.3) is 0 Å². The lowest BCUT2D eigenvalue weighted by molar-refractivity contribution is -0.114. The van der Waals surface area contributed by atoms with E-state index in [1.807, 2.05) is 13.8 Å². The normalized spacial score (nSPS) is 34.3. The third-order valence-electron chi connectivity index (χ3n) is 6.71. The van der Waals surface area contributed by atoms with Gasteiger partial charge >= 0.3 is 0 Å². The van der Waals surface area contributed by atoms with Crippen LogP contribution >= 0.6 is 0 Å². The molecule has 1 spiro atoms. The molecule has 1 saturated heterocycles. The van der Waals surface area contributed by atoms with E-state index in [0.717, 1.165) is 36.0 Å². The minimum absolute atomic E-state index is 0.0723. The van der Waals surface area contributed by atoms with E-state index in [4.69, 9.17) is 4.74 Å². The van der Waals surface area contributed by atoms with Crippen molar-refractivity contribution in [2.24, 2.45) is 11.3 Å². The molecule has 3 nitrogen and oxygen atoms in total. The molecule has 126 valence electrons. The van der Waals surface area contributed by atoms with Crippen LogP contribution in [0.2, 0.25) is 0 Å². The van der Waals surface area contributed by atoms with Crippen LogP contribution in [0.25, 0.3) is 0 Å². The Balaban J connectivity index is 1.85. The van der Waals surface area contributed by atoms with Crippen LogP contribution in [-0.4, -0.2) is 15.8 Å². The second-order valence-electron chi connectivity index (χ2n) is 8.86. The Morgan fingerprint density at radius 2 is 1.91 bits per heavy atom. The number of hydrogen-bond donors (Lipinski definition) is 2. The molecule has 0 aromatic heterocycles. The molecular formula is C20H28O3. The second kappa shape index (κ2) is 4.66. The molecule has 3 heteroatoms. The summed E-state index contributed by atoms with van der Waals surface area (Å²) in [7, 11) is 0. The molecule has 1 saturated carbocycles. The van der Waals surface area contributed by atoms with E-state index >= 15 is 0 Å². The fraction of sp³-hybridized carbons (Fsp3) is 0.700. The molecule has 1 aliphatic carbocycles. The minimum Gasteiger partial charge on any atom is -0.504 e. The number of rotatable bonds is 1. The minimum atomic E-state index is -0.136. The molecule has 1 aromatic carbocycles. The number of phenolic OH excluding ortho intramolecular Hbond substituents is 2. The van der Waals surface area contributed by atoms with Crippen LogP contribution in [0, 0.1) is 11.3 Å². The van der Waals surface area contributed by atoms with Crippen LogP contribution in [0.1, 0.15) is 82.1 Å². The summed E-state index contributed by atoms with van der Waals surface area (Å²) in [5.74, 6) is 0.887. The van der Waals surface area contributed by atoms with Crippen LogP contribution in [-0.2, 0) is 11.2 Å². The third-order valence-corrected chi connectivity index (χ3v) is 6.71. The molecule has 2 aliphatic heterocycles. The standard InChI is InChI=1S/C20H28O3/c1-11(2)12-8-13-14(18(22)17(12)21)10-20-7-5-6-19(3,4)16(20)9-15(13)23-20/h8,11,15-16,21-22H,5-7,9-10H2,1-4H3/t15-,16-,20-/m0/s1. The van der Waals surface area contributed by atoms with E-state index in [9.17, 15) is 10.2 Å². The Morgan fingerprint density at radius 3 is 2.61 bits per heavy atom. The van der Waals surface area contributed by atoms with Crippen LogP contribution in [0.5, 0.6) is 11.5 Å². The quantitative estimate of drug-likeness (QED) is 0.731. The summed E-state index contributed by atoms with van der Waals surface area (Å²) in [6, 6.07) is 2.08. The summed E-state index contributed by atoms with van der Waals surface area (Å²) in [5, 5.41) is 21.1. The van der Waals surface area contributed by atoms with Crippen molar-refractivity contribution in [3.05, 3.63) is 22.8 Å². The summed E-state index contributed by atoms with van der Waals surface area (Å²) >= 11 is 0. The number of fused-ring (bicyclic) bond motifs is 3. The van der Waals surface area contributed by atoms with Crippen molar-refractivity contribution in [2.45, 2.75) is 77.4 Å². The number of phenols is 2. The maximum absolute atomic E-state index is 10.6. The van der Waals surface area contributed by atoms with Crippen LogP contribution < -0.4 is 0 Å². The summed E-state index contributed by atoms with van der Waals surface area (Å²) in [4.78, 5) is 0. The molecule has 3 atom stereocenters. The van der Waals surface area contributed by atoms with Crippen molar-refractivity contribution in [2.75, 3.05) is 0 Å². The summed E-state index contributed by atoms with van der Waals surface area (Å²) < 4.78 is 6.59. The Kier molecular flexibility index (Phi) is 3.10. The Bertz CT molecular complexity index is 661. The largest absolute Gasteiger partial charge is 0.504 e. The number of ether oxygens (including phenoxy) is 1. The zero-order valence-electron chi connectivity index (χ0n) is 14.6. The fourth-order valence-electron chi connectivity index (χ4n) is 5.52. The van der Waals surface area contributed by atoms with Gasteiger partial charge in [0, 0.05) is 17.5 Å². The molecule has 2 heterocycles. The van der Waals surface area contributed by atoms with Gasteiger partial charge in [-0.25, -0.2) is 0 Å². The average molecular weight is 316 g/mol. The summed E-state index contributed by atoms with van der Waals surface area (Å²) in [5.41, 5.74) is 3.02. The molecular weight excluding hydrogens is 288 g/mol. The van der Waals surface area contributed by atoms with Crippen molar-refractivity contribution >= 4 is 0 Å². The van der Waals surface area contributed by atoms with E-state index in [1.54, 1.807) is 0 Å². The first kappa shape index (κ1) is 15.3. The summed E-state index contributed by atoms with van der Waals surface area (Å²) in [6.45, 7) is 8.82. The second-order valence-corrected chi connectivity index (χ2v) is 8.86. The van der Waals surface area contributed by atoms with Crippen molar-refractivity contribution in [3.8, 4) is 11.5 Å². The smallest absolute Gasteiger partial charge is 0.161 e. The number of aromatic hydroxyl groups is 2. The lowest BCUT2D eigenvalue weighted by Crippen LogP contribution is -2.48. The highest BCUT2D eigenvalue weighted by Gasteiger charge is 2.59. The molecule has 0 radical (unpaired) electrons. The fourth-order valence-corrected chi connectivity index (χ4v) is 5.52. The summed E-state index contributed by atoms with van der Waals surface area (Å²) in [6.07, 6.45) is 5.36. The predicted molar refractivity (Wildman–Crippen MR) is 89.9 cm³/mol. The van der Waals surface area contributed by atoms with Gasteiger partial charge in [-0.3, -0.25) is 0 Å². The number of benzene rings is 1. The van der Waals surface area contributed by atoms with Crippen molar-refractivity contribution in [3.63, 3.8) is 0 Å². The molecule has 2 bridgehead atoms. The highest BCUT2D eigenvalue weighted by molar-refractivity contribution is 5.57. The van der Waals surface area contributed by atoms with Gasteiger partial charge in [0.05, 0.1) is 11.7 Å². The predicted octanol–water partition coefficient (Wildman–Crippen LogP) is 4.80. The molecule has 2 N–H and O–H groups in total. The lowest BCUT2D eigenvalue weighted by Gasteiger charge is -2.48. The van der Waals surface area contributed by atoms with Gasteiger partial charge in [0.2, 0.25) is 0 Å². The Hall–Kier alpha value is -1.22. The van der Waals surface area contributed by atoms with Gasteiger partial charge in [-0.15, -0.1) is 0 Å². The highest BCUT2D eigenvalue weighted by Crippen LogP contribution is 2.63. The third kappa shape index (κ3) is 1.98. The lowest BCUT2D eigenvalue weighted by atomic mass is 9.60. The maximum atomic E-state index is 10.6. The van der Waals surface area contributed by atoms with Gasteiger partial charge < -0.3 is 14.9 Å². The van der Waals surface area contributed by atoms with Gasteiger partial charge in [-0.05, 0) is 48.1 Å². The van der Waals surface area contributed by atoms with E-state index in [1.165, 1.54) is 12.8 Å². The average Bonchev–Trinajstić information content (AvgIpc) is 2.78. The van der Waals surface area contributed by atoms with Gasteiger partial charge in [-0.1, -0.05) is 34.1 Å². The topological polar surface area (TPSA) is 49.7 Å². The van der Waals surface area contributed by atoms with E-state index in [2.05, 4.69) is 19.9 Å². The first-order chi connectivity index (χ1) is 10.8. The maximum Gasteiger partial charge on any atom is 0.161 e. The molecule has 0 amide bonds. The first-order valence-electron chi connectivity index (χ1n) is 9.00. The SMILES string of the molecule is CC(C)c1cc2c(c(O)c1O)C[C@@]13CCCC(C)(C)[C@@H]1C[C@@H]2O3. The molecule has 23 heavy (non-hydrogen) atoms. The van der Waals surface area contributed by atoms with Crippen LogP contribution in [0.3, 0.4) is 0 Å². The van der Waals surface area contributed by atoms with Gasteiger partial charge in [-0.2, -0.15) is 0 Å². The van der Waals surface area contributed by atoms with Crippen molar-refractivity contribution in [1.29, 1.82) is 0 Å². The van der Waals surface area contributed by atoms with Gasteiger partial charge in [0.15, 0.2) is 11.5 Å².